The van der Waals surface area contributed by atoms with Gasteiger partial charge in [0.1, 0.15) is 12.4 Å². The number of hydrogen-bond donors (Lipinski definition) is 1. The van der Waals surface area contributed by atoms with Gasteiger partial charge in [0.05, 0.1) is 7.11 Å². The van der Waals surface area contributed by atoms with Crippen molar-refractivity contribution in [3.63, 3.8) is 0 Å². The Hall–Kier alpha value is -2.23. The van der Waals surface area contributed by atoms with Gasteiger partial charge >= 0.3 is 0 Å². The largest absolute Gasteiger partial charge is 0.493 e. The Kier molecular flexibility index (Phi) is 4.61. The van der Waals surface area contributed by atoms with Crippen molar-refractivity contribution >= 4 is 5.82 Å². The molecule has 1 N–H and O–H groups in total. The molecule has 0 saturated heterocycles. The fourth-order valence-corrected chi connectivity index (χ4v) is 1.74. The number of hydrogen-bond acceptors (Lipinski definition) is 4. The molecule has 0 radical (unpaired) electrons. The van der Waals surface area contributed by atoms with Crippen LogP contribution < -0.4 is 14.8 Å². The van der Waals surface area contributed by atoms with Gasteiger partial charge in [-0.05, 0) is 36.8 Å². The van der Waals surface area contributed by atoms with Gasteiger partial charge in [0.2, 0.25) is 0 Å². The first-order chi connectivity index (χ1) is 9.33. The fraction of sp³-hybridized carbons (Fsp3) is 0.267. The molecule has 0 aliphatic rings. The predicted molar refractivity (Wildman–Crippen MR) is 75.7 cm³/mol. The minimum atomic E-state index is 0.487. The molecule has 0 atom stereocenters. The van der Waals surface area contributed by atoms with Crippen molar-refractivity contribution in [1.29, 1.82) is 0 Å². The van der Waals surface area contributed by atoms with Gasteiger partial charge < -0.3 is 14.8 Å². The van der Waals surface area contributed by atoms with Gasteiger partial charge in [-0.15, -0.1) is 0 Å². The average Bonchev–Trinajstić information content (AvgIpc) is 2.46. The Morgan fingerprint density at radius 3 is 2.68 bits per heavy atom. The number of methoxy groups -OCH3 is 1. The highest BCUT2D eigenvalue weighted by Gasteiger charge is 2.03. The van der Waals surface area contributed by atoms with Crippen molar-refractivity contribution in [2.24, 2.45) is 0 Å². The van der Waals surface area contributed by atoms with Gasteiger partial charge in [-0.2, -0.15) is 0 Å². The summed E-state index contributed by atoms with van der Waals surface area (Å²) in [4.78, 5) is 4.23. The van der Waals surface area contributed by atoms with E-state index in [1.54, 1.807) is 13.3 Å². The maximum absolute atomic E-state index is 5.77. The van der Waals surface area contributed by atoms with Crippen molar-refractivity contribution in [2.75, 3.05) is 19.0 Å². The molecule has 1 heterocycles. The van der Waals surface area contributed by atoms with E-state index in [0.717, 1.165) is 29.4 Å². The number of pyridine rings is 1. The molecule has 0 fully saturated rings. The predicted octanol–water partition coefficient (Wildman–Crippen LogP) is 3.10. The minimum absolute atomic E-state index is 0.487. The molecule has 2 rings (SSSR count). The number of nitrogens with one attached hydrogen (secondary N) is 1. The number of nitrogens with zero attached hydrogens (tertiary/aromatic N) is 1. The number of anilines is 1. The van der Waals surface area contributed by atoms with Crippen LogP contribution in [0.15, 0.2) is 42.6 Å². The Bertz CT molecular complexity index is 529. The van der Waals surface area contributed by atoms with Gasteiger partial charge in [0, 0.05) is 12.7 Å². The summed E-state index contributed by atoms with van der Waals surface area (Å²) in [6, 6.07) is 11.5. The van der Waals surface area contributed by atoms with Crippen LogP contribution in [0.2, 0.25) is 0 Å². The SMILES string of the molecule is CCNc1cc(COc2ccccc2OC)ccn1. The zero-order chi connectivity index (χ0) is 13.5. The lowest BCUT2D eigenvalue weighted by Gasteiger charge is -2.11. The number of benzene rings is 1. The zero-order valence-corrected chi connectivity index (χ0v) is 11.2. The molecule has 19 heavy (non-hydrogen) atoms. The van der Waals surface area contributed by atoms with Crippen LogP contribution >= 0.6 is 0 Å². The summed E-state index contributed by atoms with van der Waals surface area (Å²) in [5, 5.41) is 3.18. The molecule has 1 aromatic heterocycles. The van der Waals surface area contributed by atoms with Crippen LogP contribution in [0, 0.1) is 0 Å². The van der Waals surface area contributed by atoms with Crippen molar-refractivity contribution in [1.82, 2.24) is 4.98 Å². The molecule has 0 unspecified atom stereocenters. The monoisotopic (exact) mass is 258 g/mol. The highest BCUT2D eigenvalue weighted by atomic mass is 16.5. The van der Waals surface area contributed by atoms with Gasteiger partial charge in [0.15, 0.2) is 11.5 Å². The first-order valence-corrected chi connectivity index (χ1v) is 6.28. The zero-order valence-electron chi connectivity index (χ0n) is 11.2. The number of para-hydroxylation sites is 2. The number of rotatable bonds is 6. The van der Waals surface area contributed by atoms with E-state index in [9.17, 15) is 0 Å². The summed E-state index contributed by atoms with van der Waals surface area (Å²) in [6.45, 7) is 3.38. The molecule has 4 heteroatoms. The van der Waals surface area contributed by atoms with Crippen LogP contribution in [0.3, 0.4) is 0 Å². The third-order valence-corrected chi connectivity index (χ3v) is 2.65. The molecular weight excluding hydrogens is 240 g/mol. The first kappa shape index (κ1) is 13.2. The van der Waals surface area contributed by atoms with Crippen LogP contribution in [0.1, 0.15) is 12.5 Å². The average molecular weight is 258 g/mol. The molecule has 0 aliphatic heterocycles. The second-order valence-electron chi connectivity index (χ2n) is 4.02. The van der Waals surface area contributed by atoms with Crippen LogP contribution in [0.5, 0.6) is 11.5 Å². The smallest absolute Gasteiger partial charge is 0.161 e. The maximum Gasteiger partial charge on any atom is 0.161 e. The van der Waals surface area contributed by atoms with E-state index >= 15 is 0 Å². The minimum Gasteiger partial charge on any atom is -0.493 e. The van der Waals surface area contributed by atoms with Crippen molar-refractivity contribution in [3.8, 4) is 11.5 Å². The van der Waals surface area contributed by atoms with Crippen molar-refractivity contribution < 1.29 is 9.47 Å². The second-order valence-corrected chi connectivity index (χ2v) is 4.02. The van der Waals surface area contributed by atoms with E-state index in [4.69, 9.17) is 9.47 Å². The fourth-order valence-electron chi connectivity index (χ4n) is 1.74. The highest BCUT2D eigenvalue weighted by Crippen LogP contribution is 2.26. The lowest BCUT2D eigenvalue weighted by Crippen LogP contribution is -2.02. The van der Waals surface area contributed by atoms with E-state index < -0.39 is 0 Å². The lowest BCUT2D eigenvalue weighted by atomic mass is 10.2. The standard InChI is InChI=1S/C15H18N2O2/c1-3-16-15-10-12(8-9-17-15)11-19-14-7-5-4-6-13(14)18-2/h4-10H,3,11H2,1-2H3,(H,16,17). The quantitative estimate of drug-likeness (QED) is 0.864. The van der Waals surface area contributed by atoms with Gasteiger partial charge in [0.25, 0.3) is 0 Å². The molecule has 0 bridgehead atoms. The van der Waals surface area contributed by atoms with Crippen molar-refractivity contribution in [3.05, 3.63) is 48.2 Å². The first-order valence-electron chi connectivity index (χ1n) is 6.28. The number of aromatic nitrogens is 1. The van der Waals surface area contributed by atoms with E-state index in [0.29, 0.717) is 6.61 Å². The van der Waals surface area contributed by atoms with Crippen LogP contribution in [0.25, 0.3) is 0 Å². The van der Waals surface area contributed by atoms with E-state index in [2.05, 4.69) is 10.3 Å². The van der Waals surface area contributed by atoms with Gasteiger partial charge in [-0.25, -0.2) is 4.98 Å². The van der Waals surface area contributed by atoms with Crippen LogP contribution in [-0.2, 0) is 6.61 Å². The Morgan fingerprint density at radius 1 is 1.16 bits per heavy atom. The molecule has 100 valence electrons. The maximum atomic E-state index is 5.77. The second kappa shape index (κ2) is 6.64. The molecule has 0 spiro atoms. The number of ether oxygens (including phenoxy) is 2. The Balaban J connectivity index is 2.03. The molecule has 0 amide bonds. The van der Waals surface area contributed by atoms with Crippen LogP contribution in [0.4, 0.5) is 5.82 Å². The summed E-state index contributed by atoms with van der Waals surface area (Å²) in [5.74, 6) is 2.35. The van der Waals surface area contributed by atoms with E-state index in [1.807, 2.05) is 43.3 Å². The summed E-state index contributed by atoms with van der Waals surface area (Å²) >= 11 is 0. The Morgan fingerprint density at radius 2 is 1.95 bits per heavy atom. The highest BCUT2D eigenvalue weighted by molar-refractivity contribution is 5.40. The molecule has 2 aromatic rings. The Labute approximate surface area is 113 Å². The summed E-state index contributed by atoms with van der Waals surface area (Å²) in [5.41, 5.74) is 1.07. The molecule has 0 saturated carbocycles. The van der Waals surface area contributed by atoms with E-state index in [1.165, 1.54) is 0 Å². The van der Waals surface area contributed by atoms with Crippen LogP contribution in [-0.4, -0.2) is 18.6 Å². The van der Waals surface area contributed by atoms with E-state index in [-0.39, 0.29) is 0 Å². The molecular formula is C15H18N2O2. The summed E-state index contributed by atoms with van der Waals surface area (Å²) in [6.07, 6.45) is 1.78. The normalized spacial score (nSPS) is 10.0. The topological polar surface area (TPSA) is 43.4 Å². The third kappa shape index (κ3) is 3.61. The molecule has 4 nitrogen and oxygen atoms in total. The molecule has 1 aromatic carbocycles. The van der Waals surface area contributed by atoms with Crippen molar-refractivity contribution in [2.45, 2.75) is 13.5 Å². The third-order valence-electron chi connectivity index (χ3n) is 2.65. The summed E-state index contributed by atoms with van der Waals surface area (Å²) in [7, 11) is 1.64. The van der Waals surface area contributed by atoms with Gasteiger partial charge in [-0.3, -0.25) is 0 Å². The van der Waals surface area contributed by atoms with Gasteiger partial charge in [-0.1, -0.05) is 12.1 Å². The molecule has 0 aliphatic carbocycles. The lowest BCUT2D eigenvalue weighted by molar-refractivity contribution is 0.284. The summed E-state index contributed by atoms with van der Waals surface area (Å²) < 4.78 is 11.0.